The highest BCUT2D eigenvalue weighted by Gasteiger charge is 2.09. The maximum absolute atomic E-state index is 11.7. The first-order valence-electron chi connectivity index (χ1n) is 5.46. The van der Waals surface area contributed by atoms with E-state index in [-0.39, 0.29) is 5.91 Å². The highest BCUT2D eigenvalue weighted by Crippen LogP contribution is 2.12. The van der Waals surface area contributed by atoms with E-state index < -0.39 is 0 Å². The first-order valence-corrected chi connectivity index (χ1v) is 5.83. The molecule has 0 saturated carbocycles. The van der Waals surface area contributed by atoms with E-state index in [4.69, 9.17) is 11.6 Å². The first-order chi connectivity index (χ1) is 7.65. The summed E-state index contributed by atoms with van der Waals surface area (Å²) in [5, 5.41) is 6.64. The van der Waals surface area contributed by atoms with Crippen LogP contribution in [-0.2, 0) is 7.05 Å². The topological polar surface area (TPSA) is 46.1 Å². The number of carbonyl (C=O) groups excluding carboxylic acids is 1. The van der Waals surface area contributed by atoms with Crippen LogP contribution in [-0.4, -0.2) is 30.1 Å². The van der Waals surface area contributed by atoms with E-state index in [1.807, 2.05) is 0 Å². The Morgan fingerprint density at radius 3 is 2.81 bits per heavy atom. The van der Waals surface area contributed by atoms with Crippen LogP contribution in [0.2, 0.25) is 5.02 Å². The normalized spacial score (nSPS) is 10.4. The Labute approximate surface area is 101 Å². The molecule has 1 rings (SSSR count). The molecule has 0 aromatic carbocycles. The molecule has 1 amide bonds. The van der Waals surface area contributed by atoms with E-state index in [1.165, 1.54) is 0 Å². The van der Waals surface area contributed by atoms with E-state index in [2.05, 4.69) is 17.6 Å². The molecule has 0 radical (unpaired) electrons. The van der Waals surface area contributed by atoms with Gasteiger partial charge < -0.3 is 15.2 Å². The predicted molar refractivity (Wildman–Crippen MR) is 65.9 cm³/mol. The first kappa shape index (κ1) is 13.1. The van der Waals surface area contributed by atoms with Crippen LogP contribution in [0.3, 0.4) is 0 Å². The van der Waals surface area contributed by atoms with Gasteiger partial charge in [-0.15, -0.1) is 0 Å². The summed E-state index contributed by atoms with van der Waals surface area (Å²) in [6.45, 7) is 4.62. The van der Waals surface area contributed by atoms with Gasteiger partial charge in [-0.3, -0.25) is 4.79 Å². The van der Waals surface area contributed by atoms with Crippen molar-refractivity contribution < 1.29 is 4.79 Å². The molecule has 0 saturated heterocycles. The van der Waals surface area contributed by atoms with Crippen LogP contribution in [0.25, 0.3) is 0 Å². The predicted octanol–water partition coefficient (Wildman–Crippen LogP) is 1.41. The minimum Gasteiger partial charge on any atom is -0.351 e. The van der Waals surface area contributed by atoms with Gasteiger partial charge >= 0.3 is 0 Å². The summed E-state index contributed by atoms with van der Waals surface area (Å²) in [6, 6.07) is 1.67. The van der Waals surface area contributed by atoms with Crippen LogP contribution in [0.1, 0.15) is 23.8 Å². The van der Waals surface area contributed by atoms with Gasteiger partial charge in [0.15, 0.2) is 0 Å². The lowest BCUT2D eigenvalue weighted by Crippen LogP contribution is -2.28. The van der Waals surface area contributed by atoms with Crippen LogP contribution in [0.4, 0.5) is 0 Å². The highest BCUT2D eigenvalue weighted by atomic mass is 35.5. The van der Waals surface area contributed by atoms with Crippen molar-refractivity contribution in [2.45, 2.75) is 13.3 Å². The Bertz CT molecular complexity index is 349. The zero-order valence-electron chi connectivity index (χ0n) is 9.72. The number of nitrogens with zero attached hydrogens (tertiary/aromatic N) is 1. The van der Waals surface area contributed by atoms with Crippen molar-refractivity contribution in [3.05, 3.63) is 23.0 Å². The highest BCUT2D eigenvalue weighted by molar-refractivity contribution is 6.31. The van der Waals surface area contributed by atoms with Crippen LogP contribution < -0.4 is 10.6 Å². The second-order valence-corrected chi connectivity index (χ2v) is 4.05. The molecule has 5 heteroatoms. The number of halogens is 1. The largest absolute Gasteiger partial charge is 0.351 e. The number of aromatic nitrogens is 1. The average molecular weight is 244 g/mol. The average Bonchev–Trinajstić information content (AvgIpc) is 2.57. The lowest BCUT2D eigenvalue weighted by molar-refractivity contribution is 0.0945. The molecular weight excluding hydrogens is 226 g/mol. The number of aryl methyl sites for hydroxylation is 1. The molecule has 1 aromatic rings. The quantitative estimate of drug-likeness (QED) is 0.743. The van der Waals surface area contributed by atoms with E-state index >= 15 is 0 Å². The number of amides is 1. The summed E-state index contributed by atoms with van der Waals surface area (Å²) < 4.78 is 1.72. The molecule has 0 spiro atoms. The summed E-state index contributed by atoms with van der Waals surface area (Å²) in [7, 11) is 1.80. The molecule has 0 atom stereocenters. The van der Waals surface area contributed by atoms with Gasteiger partial charge in [0, 0.05) is 19.8 Å². The van der Waals surface area contributed by atoms with E-state index in [9.17, 15) is 4.79 Å². The van der Waals surface area contributed by atoms with Gasteiger partial charge in [-0.1, -0.05) is 18.5 Å². The van der Waals surface area contributed by atoms with Gasteiger partial charge in [0.25, 0.3) is 5.91 Å². The zero-order valence-corrected chi connectivity index (χ0v) is 10.5. The van der Waals surface area contributed by atoms with Gasteiger partial charge in [-0.05, 0) is 25.6 Å². The molecule has 90 valence electrons. The van der Waals surface area contributed by atoms with Crippen molar-refractivity contribution in [1.82, 2.24) is 15.2 Å². The fourth-order valence-corrected chi connectivity index (χ4v) is 1.68. The molecule has 0 unspecified atom stereocenters. The number of hydrogen-bond acceptors (Lipinski definition) is 2. The lowest BCUT2D eigenvalue weighted by Gasteiger charge is -2.06. The van der Waals surface area contributed by atoms with Gasteiger partial charge in [0.05, 0.1) is 5.02 Å². The molecule has 0 bridgehead atoms. The minimum absolute atomic E-state index is 0.0779. The maximum atomic E-state index is 11.7. The third-order valence-electron chi connectivity index (χ3n) is 2.27. The number of hydrogen-bond donors (Lipinski definition) is 2. The third-order valence-corrected chi connectivity index (χ3v) is 2.48. The summed E-state index contributed by atoms with van der Waals surface area (Å²) in [6.07, 6.45) is 2.65. The number of carbonyl (C=O) groups is 1. The smallest absolute Gasteiger partial charge is 0.267 e. The molecule has 1 heterocycles. The van der Waals surface area contributed by atoms with Gasteiger partial charge in [0.1, 0.15) is 5.69 Å². The third kappa shape index (κ3) is 3.87. The van der Waals surface area contributed by atoms with Gasteiger partial charge in [-0.2, -0.15) is 0 Å². The standard InChI is InChI=1S/C11H18ClN3O/c1-3-13-5-4-6-14-11(16)10-7-9(12)8-15(10)2/h7-8,13H,3-6H2,1-2H3,(H,14,16). The van der Waals surface area contributed by atoms with Crippen LogP contribution in [0.15, 0.2) is 12.3 Å². The van der Waals surface area contributed by atoms with Crippen molar-refractivity contribution in [2.24, 2.45) is 7.05 Å². The molecule has 1 aromatic heterocycles. The van der Waals surface area contributed by atoms with Crippen molar-refractivity contribution in [2.75, 3.05) is 19.6 Å². The zero-order chi connectivity index (χ0) is 12.0. The van der Waals surface area contributed by atoms with Gasteiger partial charge in [0.2, 0.25) is 0 Å². The number of rotatable bonds is 6. The Balaban J connectivity index is 2.33. The Morgan fingerprint density at radius 2 is 2.25 bits per heavy atom. The van der Waals surface area contributed by atoms with Crippen molar-refractivity contribution in [1.29, 1.82) is 0 Å². The van der Waals surface area contributed by atoms with Gasteiger partial charge in [-0.25, -0.2) is 0 Å². The molecule has 0 aliphatic rings. The molecule has 0 aliphatic heterocycles. The van der Waals surface area contributed by atoms with Crippen LogP contribution >= 0.6 is 11.6 Å². The van der Waals surface area contributed by atoms with E-state index in [0.717, 1.165) is 19.5 Å². The Hall–Kier alpha value is -1.00. The molecule has 0 aliphatic carbocycles. The monoisotopic (exact) mass is 243 g/mol. The molecule has 16 heavy (non-hydrogen) atoms. The van der Waals surface area contributed by atoms with Crippen molar-refractivity contribution in [3.63, 3.8) is 0 Å². The van der Waals surface area contributed by atoms with Crippen molar-refractivity contribution in [3.8, 4) is 0 Å². The minimum atomic E-state index is -0.0779. The van der Waals surface area contributed by atoms with Crippen LogP contribution in [0, 0.1) is 0 Å². The van der Waals surface area contributed by atoms with E-state index in [0.29, 0.717) is 17.3 Å². The fourth-order valence-electron chi connectivity index (χ4n) is 1.43. The molecular formula is C11H18ClN3O. The summed E-state index contributed by atoms with van der Waals surface area (Å²) in [5.74, 6) is -0.0779. The Morgan fingerprint density at radius 1 is 1.50 bits per heavy atom. The van der Waals surface area contributed by atoms with Crippen LogP contribution in [0.5, 0.6) is 0 Å². The SMILES string of the molecule is CCNCCCNC(=O)c1cc(Cl)cn1C. The second kappa shape index (κ2) is 6.55. The maximum Gasteiger partial charge on any atom is 0.267 e. The second-order valence-electron chi connectivity index (χ2n) is 3.62. The molecule has 2 N–H and O–H groups in total. The summed E-state index contributed by atoms with van der Waals surface area (Å²) in [5.41, 5.74) is 0.591. The molecule has 0 fully saturated rings. The molecule has 4 nitrogen and oxygen atoms in total. The number of nitrogens with one attached hydrogen (secondary N) is 2. The fraction of sp³-hybridized carbons (Fsp3) is 0.545. The Kier molecular flexibility index (Phi) is 5.35. The lowest BCUT2D eigenvalue weighted by atomic mass is 10.3. The van der Waals surface area contributed by atoms with E-state index in [1.54, 1.807) is 23.9 Å². The summed E-state index contributed by atoms with van der Waals surface area (Å²) in [4.78, 5) is 11.7. The van der Waals surface area contributed by atoms with Crippen molar-refractivity contribution >= 4 is 17.5 Å². The summed E-state index contributed by atoms with van der Waals surface area (Å²) >= 11 is 5.80.